The van der Waals surface area contributed by atoms with Gasteiger partial charge in [0.1, 0.15) is 11.6 Å². The summed E-state index contributed by atoms with van der Waals surface area (Å²) in [6.45, 7) is 1.66. The number of hydrogen-bond donors (Lipinski definition) is 2. The Morgan fingerprint density at radius 3 is 2.79 bits per heavy atom. The number of halogens is 1. The quantitative estimate of drug-likeness (QED) is 0.775. The largest absolute Gasteiger partial charge is 0.508 e. The molecule has 2 aromatic carbocycles. The molecule has 0 bridgehead atoms. The highest BCUT2D eigenvalue weighted by Gasteiger charge is 2.14. The van der Waals surface area contributed by atoms with Crippen LogP contribution in [-0.2, 0) is 6.54 Å². The number of phenols is 1. The summed E-state index contributed by atoms with van der Waals surface area (Å²) in [6, 6.07) is 11.1. The molecule has 1 heterocycles. The van der Waals surface area contributed by atoms with Crippen LogP contribution in [0.1, 0.15) is 21.5 Å². The monoisotopic (exact) mass is 325 g/mol. The van der Waals surface area contributed by atoms with E-state index in [0.29, 0.717) is 22.4 Å². The molecular formula is C18H16FN3O2. The molecule has 0 saturated heterocycles. The lowest BCUT2D eigenvalue weighted by molar-refractivity contribution is 0.0949. The summed E-state index contributed by atoms with van der Waals surface area (Å²) >= 11 is 0. The van der Waals surface area contributed by atoms with Crippen LogP contribution in [0.5, 0.6) is 5.75 Å². The van der Waals surface area contributed by atoms with E-state index in [9.17, 15) is 14.3 Å². The van der Waals surface area contributed by atoms with Gasteiger partial charge in [0.25, 0.3) is 5.91 Å². The first-order valence-corrected chi connectivity index (χ1v) is 7.42. The zero-order valence-electron chi connectivity index (χ0n) is 13.0. The van der Waals surface area contributed by atoms with Crippen LogP contribution in [0.3, 0.4) is 0 Å². The molecule has 0 fully saturated rings. The molecule has 3 rings (SSSR count). The van der Waals surface area contributed by atoms with Crippen molar-refractivity contribution >= 4 is 5.91 Å². The summed E-state index contributed by atoms with van der Waals surface area (Å²) in [7, 11) is 0. The van der Waals surface area contributed by atoms with Crippen LogP contribution in [0.25, 0.3) is 5.69 Å². The molecule has 5 nitrogen and oxygen atoms in total. The van der Waals surface area contributed by atoms with Crippen molar-refractivity contribution in [2.45, 2.75) is 13.5 Å². The number of carbonyl (C=O) groups is 1. The predicted molar refractivity (Wildman–Crippen MR) is 87.5 cm³/mol. The number of nitrogens with one attached hydrogen (secondary N) is 1. The molecule has 0 spiro atoms. The van der Waals surface area contributed by atoms with Crippen molar-refractivity contribution < 1.29 is 14.3 Å². The molecule has 24 heavy (non-hydrogen) atoms. The molecule has 0 atom stereocenters. The number of amides is 1. The van der Waals surface area contributed by atoms with Crippen LogP contribution in [0.2, 0.25) is 0 Å². The lowest BCUT2D eigenvalue weighted by Crippen LogP contribution is -2.25. The van der Waals surface area contributed by atoms with Gasteiger partial charge in [-0.1, -0.05) is 12.1 Å². The van der Waals surface area contributed by atoms with Gasteiger partial charge in [0.05, 0.1) is 5.69 Å². The Kier molecular flexibility index (Phi) is 4.29. The molecule has 2 N–H and O–H groups in total. The first kappa shape index (κ1) is 15.7. The molecule has 0 radical (unpaired) electrons. The molecule has 122 valence electrons. The fourth-order valence-electron chi connectivity index (χ4n) is 2.48. The third-order valence-electron chi connectivity index (χ3n) is 3.82. The maximum atomic E-state index is 14.2. The van der Waals surface area contributed by atoms with E-state index in [1.807, 2.05) is 0 Å². The van der Waals surface area contributed by atoms with Crippen molar-refractivity contribution in [1.82, 2.24) is 15.1 Å². The summed E-state index contributed by atoms with van der Waals surface area (Å²) in [5, 5.41) is 16.5. The van der Waals surface area contributed by atoms with Gasteiger partial charge in [-0.2, -0.15) is 5.10 Å². The van der Waals surface area contributed by atoms with Crippen molar-refractivity contribution in [2.75, 3.05) is 0 Å². The maximum absolute atomic E-state index is 14.2. The highest BCUT2D eigenvalue weighted by molar-refractivity contribution is 5.96. The lowest BCUT2D eigenvalue weighted by Gasteiger charge is -2.13. The van der Waals surface area contributed by atoms with Crippen LogP contribution < -0.4 is 5.32 Å². The molecule has 3 aromatic rings. The standard InChI is InChI=1S/C18H16FN3O2/c1-12-13(5-2-8-17(12)23)18(24)20-11-14-15(19)6-3-7-16(14)22-10-4-9-21-22/h2-10,23H,11H2,1H3,(H,20,24). The van der Waals surface area contributed by atoms with Crippen LogP contribution in [0.4, 0.5) is 4.39 Å². The van der Waals surface area contributed by atoms with E-state index in [1.54, 1.807) is 54.3 Å². The highest BCUT2D eigenvalue weighted by atomic mass is 19.1. The van der Waals surface area contributed by atoms with Gasteiger partial charge in [-0.3, -0.25) is 4.79 Å². The van der Waals surface area contributed by atoms with Crippen LogP contribution in [0, 0.1) is 12.7 Å². The van der Waals surface area contributed by atoms with E-state index in [1.165, 1.54) is 12.1 Å². The highest BCUT2D eigenvalue weighted by Crippen LogP contribution is 2.20. The van der Waals surface area contributed by atoms with Crippen molar-refractivity contribution in [2.24, 2.45) is 0 Å². The number of aromatic nitrogens is 2. The average molecular weight is 325 g/mol. The van der Waals surface area contributed by atoms with Crippen LogP contribution >= 0.6 is 0 Å². The number of aromatic hydroxyl groups is 1. The third kappa shape index (κ3) is 2.99. The summed E-state index contributed by atoms with van der Waals surface area (Å²) in [6.07, 6.45) is 3.31. The van der Waals surface area contributed by atoms with Crippen LogP contribution in [-0.4, -0.2) is 20.8 Å². The lowest BCUT2D eigenvalue weighted by atomic mass is 10.1. The van der Waals surface area contributed by atoms with Gasteiger partial charge in [0.15, 0.2) is 0 Å². The molecule has 0 saturated carbocycles. The zero-order valence-corrected chi connectivity index (χ0v) is 13.0. The smallest absolute Gasteiger partial charge is 0.251 e. The minimum absolute atomic E-state index is 0.00972. The summed E-state index contributed by atoms with van der Waals surface area (Å²) in [5.74, 6) is -0.750. The molecular weight excluding hydrogens is 309 g/mol. The van der Waals surface area contributed by atoms with E-state index in [-0.39, 0.29) is 18.2 Å². The van der Waals surface area contributed by atoms with Crippen molar-refractivity contribution in [3.05, 3.63) is 77.4 Å². The van der Waals surface area contributed by atoms with E-state index in [2.05, 4.69) is 10.4 Å². The number of hydrogen-bond acceptors (Lipinski definition) is 3. The average Bonchev–Trinajstić information content (AvgIpc) is 3.10. The second-order valence-electron chi connectivity index (χ2n) is 5.32. The first-order valence-electron chi connectivity index (χ1n) is 7.42. The van der Waals surface area contributed by atoms with E-state index in [0.717, 1.165) is 0 Å². The fraction of sp³-hybridized carbons (Fsp3) is 0.111. The van der Waals surface area contributed by atoms with Gasteiger partial charge in [-0.15, -0.1) is 0 Å². The molecule has 0 aliphatic carbocycles. The topological polar surface area (TPSA) is 67.2 Å². The molecule has 0 aliphatic rings. The number of benzene rings is 2. The van der Waals surface area contributed by atoms with Crippen LogP contribution in [0.15, 0.2) is 54.9 Å². The zero-order chi connectivity index (χ0) is 17.1. The molecule has 1 aromatic heterocycles. The maximum Gasteiger partial charge on any atom is 0.251 e. The van der Waals surface area contributed by atoms with Gasteiger partial charge in [-0.25, -0.2) is 9.07 Å². The third-order valence-corrected chi connectivity index (χ3v) is 3.82. The predicted octanol–water partition coefficient (Wildman–Crippen LogP) is 2.96. The summed E-state index contributed by atoms with van der Waals surface area (Å²) < 4.78 is 15.8. The fourth-order valence-corrected chi connectivity index (χ4v) is 2.48. The summed E-state index contributed by atoms with van der Waals surface area (Å²) in [5.41, 5.74) is 1.74. The Hall–Kier alpha value is -3.15. The Morgan fingerprint density at radius 2 is 2.04 bits per heavy atom. The molecule has 0 unspecified atom stereocenters. The normalized spacial score (nSPS) is 10.6. The summed E-state index contributed by atoms with van der Waals surface area (Å²) in [4.78, 5) is 12.3. The van der Waals surface area contributed by atoms with Gasteiger partial charge < -0.3 is 10.4 Å². The Morgan fingerprint density at radius 1 is 1.25 bits per heavy atom. The van der Waals surface area contributed by atoms with Gasteiger partial charge in [-0.05, 0) is 37.3 Å². The van der Waals surface area contributed by atoms with Gasteiger partial charge in [0.2, 0.25) is 0 Å². The van der Waals surface area contributed by atoms with E-state index in [4.69, 9.17) is 0 Å². The van der Waals surface area contributed by atoms with Gasteiger partial charge >= 0.3 is 0 Å². The van der Waals surface area contributed by atoms with E-state index < -0.39 is 5.82 Å². The van der Waals surface area contributed by atoms with Crippen molar-refractivity contribution in [1.29, 1.82) is 0 Å². The van der Waals surface area contributed by atoms with Gasteiger partial charge in [0, 0.05) is 35.6 Å². The van der Waals surface area contributed by atoms with E-state index >= 15 is 0 Å². The number of phenolic OH excluding ortho intramolecular Hbond substituents is 1. The first-order chi connectivity index (χ1) is 11.6. The molecule has 0 aliphatic heterocycles. The Bertz CT molecular complexity index is 876. The second kappa shape index (κ2) is 6.54. The molecule has 1 amide bonds. The minimum Gasteiger partial charge on any atom is -0.508 e. The minimum atomic E-state index is -0.420. The van der Waals surface area contributed by atoms with Crippen molar-refractivity contribution in [3.8, 4) is 11.4 Å². The number of rotatable bonds is 4. The molecule has 6 heteroatoms. The second-order valence-corrected chi connectivity index (χ2v) is 5.32. The number of nitrogens with zero attached hydrogens (tertiary/aromatic N) is 2. The Balaban J connectivity index is 1.85. The van der Waals surface area contributed by atoms with Crippen molar-refractivity contribution in [3.63, 3.8) is 0 Å². The Labute approximate surface area is 138 Å². The SMILES string of the molecule is Cc1c(O)cccc1C(=O)NCc1c(F)cccc1-n1cccn1. The number of carbonyl (C=O) groups excluding carboxylic acids is 1.